The van der Waals surface area contributed by atoms with Gasteiger partial charge in [-0.05, 0) is 38.2 Å². The van der Waals surface area contributed by atoms with Crippen molar-refractivity contribution in [1.29, 1.82) is 0 Å². The molecule has 1 unspecified atom stereocenters. The third kappa shape index (κ3) is 2.69. The number of rotatable bonds is 2. The number of piperidine rings is 1. The third-order valence-corrected chi connectivity index (χ3v) is 5.73. The van der Waals surface area contributed by atoms with E-state index in [0.29, 0.717) is 12.6 Å². The van der Waals surface area contributed by atoms with E-state index in [9.17, 15) is 4.79 Å². The summed E-state index contributed by atoms with van der Waals surface area (Å²) in [7, 11) is 0. The van der Waals surface area contributed by atoms with Crippen LogP contribution in [-0.2, 0) is 21.5 Å². The lowest BCUT2D eigenvalue weighted by Crippen LogP contribution is -2.50. The maximum Gasteiger partial charge on any atom is 0.409 e. The minimum Gasteiger partial charge on any atom is -0.450 e. The maximum atomic E-state index is 11.9. The normalized spacial score (nSPS) is 26.5. The summed E-state index contributed by atoms with van der Waals surface area (Å²) in [5.41, 5.74) is 2.32. The topological polar surface area (TPSA) is 70.7 Å². The second kappa shape index (κ2) is 6.37. The smallest absolute Gasteiger partial charge is 0.409 e. The van der Waals surface area contributed by atoms with Gasteiger partial charge in [0.2, 0.25) is 0 Å². The number of amides is 1. The lowest BCUT2D eigenvalue weighted by atomic mass is 9.83. The molecule has 7 nitrogen and oxygen atoms in total. The average Bonchev–Trinajstić information content (AvgIpc) is 3.26. The van der Waals surface area contributed by atoms with Crippen LogP contribution < -0.4 is 0 Å². The Labute approximate surface area is 142 Å². The maximum absolute atomic E-state index is 11.9. The molecule has 7 heteroatoms. The average molecular weight is 334 g/mol. The molecular formula is C17H26N4O3. The van der Waals surface area contributed by atoms with Crippen molar-refractivity contribution in [3.8, 4) is 0 Å². The van der Waals surface area contributed by atoms with Crippen LogP contribution in [0.25, 0.3) is 0 Å². The van der Waals surface area contributed by atoms with Crippen molar-refractivity contribution in [1.82, 2.24) is 20.0 Å². The number of carbonyl (C=O) groups excluding carboxylic acids is 1. The summed E-state index contributed by atoms with van der Waals surface area (Å²) in [5, 5.41) is 7.40. The molecule has 0 aromatic carbocycles. The van der Waals surface area contributed by atoms with Crippen LogP contribution in [0.3, 0.4) is 0 Å². The number of hydrogen-bond donors (Lipinski definition) is 1. The fourth-order valence-electron chi connectivity index (χ4n) is 4.39. The summed E-state index contributed by atoms with van der Waals surface area (Å²) in [6.07, 6.45) is 5.72. The van der Waals surface area contributed by atoms with E-state index < -0.39 is 0 Å². The van der Waals surface area contributed by atoms with Gasteiger partial charge >= 0.3 is 6.09 Å². The molecular weight excluding hydrogens is 308 g/mol. The first kappa shape index (κ1) is 15.9. The van der Waals surface area contributed by atoms with Gasteiger partial charge in [0.05, 0.1) is 25.1 Å². The molecule has 0 radical (unpaired) electrons. The summed E-state index contributed by atoms with van der Waals surface area (Å²) in [4.78, 5) is 16.2. The van der Waals surface area contributed by atoms with Gasteiger partial charge in [-0.3, -0.25) is 10.00 Å². The molecule has 132 valence electrons. The van der Waals surface area contributed by atoms with Gasteiger partial charge < -0.3 is 14.4 Å². The van der Waals surface area contributed by atoms with E-state index in [1.165, 1.54) is 11.3 Å². The van der Waals surface area contributed by atoms with Crippen LogP contribution in [0, 0.1) is 0 Å². The lowest BCUT2D eigenvalue weighted by molar-refractivity contribution is -0.105. The predicted octanol–water partition coefficient (Wildman–Crippen LogP) is 1.50. The zero-order valence-electron chi connectivity index (χ0n) is 14.3. The quantitative estimate of drug-likeness (QED) is 0.888. The highest BCUT2D eigenvalue weighted by atomic mass is 16.6. The van der Waals surface area contributed by atoms with Crippen molar-refractivity contribution in [2.75, 3.05) is 39.4 Å². The highest BCUT2D eigenvalue weighted by molar-refractivity contribution is 5.68. The SMILES string of the molecule is CCOC(=O)N1CCC(N2CCC3(CC2)OCCc2cn[nH]c23)C1. The van der Waals surface area contributed by atoms with Crippen molar-refractivity contribution in [3.63, 3.8) is 0 Å². The van der Waals surface area contributed by atoms with E-state index in [1.54, 1.807) is 0 Å². The number of hydrogen-bond acceptors (Lipinski definition) is 5. The Morgan fingerprint density at radius 2 is 2.29 bits per heavy atom. The molecule has 4 rings (SSSR count). The molecule has 1 aromatic rings. The number of H-pyrrole nitrogens is 1. The first-order valence-corrected chi connectivity index (χ1v) is 9.04. The Morgan fingerprint density at radius 3 is 3.08 bits per heavy atom. The van der Waals surface area contributed by atoms with Gasteiger partial charge in [-0.15, -0.1) is 0 Å². The van der Waals surface area contributed by atoms with Gasteiger partial charge in [0.25, 0.3) is 0 Å². The lowest BCUT2D eigenvalue weighted by Gasteiger charge is -2.45. The molecule has 0 bridgehead atoms. The van der Waals surface area contributed by atoms with E-state index in [0.717, 1.165) is 58.5 Å². The fourth-order valence-corrected chi connectivity index (χ4v) is 4.39. The first-order valence-electron chi connectivity index (χ1n) is 9.04. The number of likely N-dealkylation sites (tertiary alicyclic amines) is 2. The third-order valence-electron chi connectivity index (χ3n) is 5.73. The van der Waals surface area contributed by atoms with Crippen molar-refractivity contribution in [3.05, 3.63) is 17.5 Å². The molecule has 24 heavy (non-hydrogen) atoms. The van der Waals surface area contributed by atoms with Crippen LogP contribution in [0.4, 0.5) is 4.79 Å². The number of nitrogens with zero attached hydrogens (tertiary/aromatic N) is 3. The zero-order chi connectivity index (χ0) is 16.6. The Bertz CT molecular complexity index is 594. The number of aromatic nitrogens is 2. The van der Waals surface area contributed by atoms with Crippen LogP contribution in [0.15, 0.2) is 6.20 Å². The fraction of sp³-hybridized carbons (Fsp3) is 0.765. The van der Waals surface area contributed by atoms with E-state index in [4.69, 9.17) is 9.47 Å². The van der Waals surface area contributed by atoms with Crippen LogP contribution in [-0.4, -0.2) is 71.5 Å². The van der Waals surface area contributed by atoms with E-state index >= 15 is 0 Å². The Balaban J connectivity index is 1.37. The van der Waals surface area contributed by atoms with E-state index in [2.05, 4.69) is 15.1 Å². The van der Waals surface area contributed by atoms with Crippen LogP contribution in [0.2, 0.25) is 0 Å². The van der Waals surface area contributed by atoms with Crippen LogP contribution in [0.1, 0.15) is 37.4 Å². The molecule has 3 aliphatic rings. The summed E-state index contributed by atoms with van der Waals surface area (Å²) in [5.74, 6) is 0. The number of aromatic amines is 1. The molecule has 4 heterocycles. The van der Waals surface area contributed by atoms with E-state index in [-0.39, 0.29) is 11.7 Å². The summed E-state index contributed by atoms with van der Waals surface area (Å²) < 4.78 is 11.3. The van der Waals surface area contributed by atoms with Gasteiger partial charge in [0, 0.05) is 32.2 Å². The number of fused-ring (bicyclic) bond motifs is 2. The molecule has 1 N–H and O–H groups in total. The molecule has 2 fully saturated rings. The largest absolute Gasteiger partial charge is 0.450 e. The van der Waals surface area contributed by atoms with Crippen molar-refractivity contribution in [2.24, 2.45) is 0 Å². The molecule has 3 aliphatic heterocycles. The van der Waals surface area contributed by atoms with Gasteiger partial charge in [-0.25, -0.2) is 4.79 Å². The number of ether oxygens (including phenoxy) is 2. The molecule has 1 spiro atoms. The Kier molecular flexibility index (Phi) is 4.22. The van der Waals surface area contributed by atoms with E-state index in [1.807, 2.05) is 18.0 Å². The molecule has 1 amide bonds. The predicted molar refractivity (Wildman–Crippen MR) is 87.7 cm³/mol. The van der Waals surface area contributed by atoms with Gasteiger partial charge in [-0.2, -0.15) is 5.10 Å². The molecule has 0 saturated carbocycles. The Hall–Kier alpha value is -1.60. The zero-order valence-corrected chi connectivity index (χ0v) is 14.3. The first-order chi connectivity index (χ1) is 11.7. The van der Waals surface area contributed by atoms with Gasteiger partial charge in [-0.1, -0.05) is 0 Å². The Morgan fingerprint density at radius 1 is 1.46 bits per heavy atom. The molecule has 1 atom stereocenters. The second-order valence-electron chi connectivity index (χ2n) is 6.99. The summed E-state index contributed by atoms with van der Waals surface area (Å²) >= 11 is 0. The molecule has 1 aromatic heterocycles. The highest BCUT2D eigenvalue weighted by Crippen LogP contribution is 2.41. The standard InChI is InChI=1S/C17H26N4O3/c1-2-23-16(22)21-7-3-14(12-21)20-8-5-17(6-9-20)15-13(4-10-24-17)11-18-19-15/h11,14H,2-10,12H2,1H3,(H,18,19). The second-order valence-corrected chi connectivity index (χ2v) is 6.99. The van der Waals surface area contributed by atoms with Crippen molar-refractivity contribution in [2.45, 2.75) is 44.2 Å². The summed E-state index contributed by atoms with van der Waals surface area (Å²) in [6.45, 7) is 6.65. The van der Waals surface area contributed by atoms with Gasteiger partial charge in [0.15, 0.2) is 0 Å². The van der Waals surface area contributed by atoms with Crippen molar-refractivity contribution >= 4 is 6.09 Å². The minimum atomic E-state index is -0.181. The van der Waals surface area contributed by atoms with Crippen LogP contribution in [0.5, 0.6) is 0 Å². The number of carbonyl (C=O) groups is 1. The highest BCUT2D eigenvalue weighted by Gasteiger charge is 2.44. The molecule has 2 saturated heterocycles. The minimum absolute atomic E-state index is 0.175. The van der Waals surface area contributed by atoms with Crippen molar-refractivity contribution < 1.29 is 14.3 Å². The monoisotopic (exact) mass is 334 g/mol. The number of nitrogens with one attached hydrogen (secondary N) is 1. The molecule has 0 aliphatic carbocycles. The van der Waals surface area contributed by atoms with Crippen LogP contribution >= 0.6 is 0 Å². The van der Waals surface area contributed by atoms with Gasteiger partial charge in [0.1, 0.15) is 5.60 Å². The summed E-state index contributed by atoms with van der Waals surface area (Å²) in [6, 6.07) is 0.441.